The van der Waals surface area contributed by atoms with Crippen LogP contribution in [0.25, 0.3) is 11.1 Å². The van der Waals surface area contributed by atoms with Crippen LogP contribution in [0, 0.1) is 0 Å². The highest BCUT2D eigenvalue weighted by atomic mass is 35.5. The normalized spacial score (nSPS) is 23.1. The van der Waals surface area contributed by atoms with E-state index >= 15 is 0 Å². The first-order valence-corrected chi connectivity index (χ1v) is 10.1. The summed E-state index contributed by atoms with van der Waals surface area (Å²) in [4.78, 5) is 16.3. The molecule has 2 aromatic heterocycles. The van der Waals surface area contributed by atoms with Gasteiger partial charge in [0.25, 0.3) is 0 Å². The minimum atomic E-state index is -0.673. The van der Waals surface area contributed by atoms with E-state index in [1.807, 2.05) is 6.07 Å². The molecule has 0 radical (unpaired) electrons. The molecule has 1 N–H and O–H groups in total. The second kappa shape index (κ2) is 9.02. The lowest BCUT2D eigenvalue weighted by atomic mass is 10.1. The summed E-state index contributed by atoms with van der Waals surface area (Å²) < 4.78 is 12.8. The van der Waals surface area contributed by atoms with Crippen molar-refractivity contribution in [2.45, 2.75) is 76.7 Å². The van der Waals surface area contributed by atoms with Crippen LogP contribution in [0.15, 0.2) is 21.5 Å². The maximum absolute atomic E-state index is 12.3. The van der Waals surface area contributed by atoms with E-state index in [9.17, 15) is 9.90 Å². The zero-order chi connectivity index (χ0) is 18.5. The third-order valence-electron chi connectivity index (χ3n) is 4.93. The largest absolute Gasteiger partial charge is 0.443 e. The van der Waals surface area contributed by atoms with E-state index in [2.05, 4.69) is 11.9 Å². The summed E-state index contributed by atoms with van der Waals surface area (Å²) in [5.74, 6) is 1.04. The number of hydrogen-bond donors (Lipinski definition) is 1. The Morgan fingerprint density at radius 1 is 1.31 bits per heavy atom. The minimum absolute atomic E-state index is 0.191. The lowest BCUT2D eigenvalue weighted by molar-refractivity contribution is -0.00798. The van der Waals surface area contributed by atoms with Crippen LogP contribution in [-0.4, -0.2) is 32.7 Å². The predicted octanol–water partition coefficient (Wildman–Crippen LogP) is 3.78. The van der Waals surface area contributed by atoms with Crippen LogP contribution >= 0.6 is 11.6 Å². The van der Waals surface area contributed by atoms with Crippen molar-refractivity contribution in [1.82, 2.24) is 9.55 Å². The summed E-state index contributed by atoms with van der Waals surface area (Å²) in [6.07, 6.45) is 8.54. The molecule has 0 saturated carbocycles. The first-order chi connectivity index (χ1) is 12.6. The van der Waals surface area contributed by atoms with Crippen molar-refractivity contribution >= 4 is 22.7 Å². The van der Waals surface area contributed by atoms with Gasteiger partial charge in [-0.15, -0.1) is 11.6 Å². The number of halogens is 1. The van der Waals surface area contributed by atoms with Gasteiger partial charge in [-0.1, -0.05) is 39.0 Å². The van der Waals surface area contributed by atoms with Gasteiger partial charge in [-0.2, -0.15) is 4.98 Å². The number of rotatable bonds is 9. The van der Waals surface area contributed by atoms with Gasteiger partial charge < -0.3 is 14.3 Å². The third-order valence-corrected chi connectivity index (χ3v) is 5.23. The Labute approximate surface area is 158 Å². The second-order valence-electron chi connectivity index (χ2n) is 7.01. The molecule has 1 saturated heterocycles. The number of aliphatic hydroxyl groups is 1. The van der Waals surface area contributed by atoms with Crippen LogP contribution in [0.5, 0.6) is 0 Å². The van der Waals surface area contributed by atoms with E-state index in [1.54, 1.807) is 6.20 Å². The molecule has 1 aliphatic rings. The smallest absolute Gasteiger partial charge is 0.353 e. The molecule has 7 heteroatoms. The van der Waals surface area contributed by atoms with E-state index in [0.29, 0.717) is 12.1 Å². The minimum Gasteiger partial charge on any atom is -0.443 e. The monoisotopic (exact) mass is 382 g/mol. The molecule has 26 heavy (non-hydrogen) atoms. The standard InChI is InChI=1S/C19H27ClN2O4/c1-2-3-4-5-6-7-8-14-9-13-12-22(19(24)21-18(13)25-14)17-10-15(23)16(11-20)26-17/h9,12,15-17,23H,2-8,10-11H2,1H3/t15-,16+,17+/m0/s1. The van der Waals surface area contributed by atoms with E-state index in [4.69, 9.17) is 20.8 Å². The molecular formula is C19H27ClN2O4. The molecule has 0 bridgehead atoms. The molecule has 0 amide bonds. The number of nitrogens with zero attached hydrogens (tertiary/aromatic N) is 2. The van der Waals surface area contributed by atoms with Gasteiger partial charge in [0.2, 0.25) is 5.71 Å². The van der Waals surface area contributed by atoms with Gasteiger partial charge in [-0.05, 0) is 12.5 Å². The molecule has 0 unspecified atom stereocenters. The third kappa shape index (κ3) is 4.48. The highest BCUT2D eigenvalue weighted by Crippen LogP contribution is 2.29. The van der Waals surface area contributed by atoms with Crippen LogP contribution in [0.1, 0.15) is 63.9 Å². The molecule has 1 aliphatic heterocycles. The summed E-state index contributed by atoms with van der Waals surface area (Å²) in [6, 6.07) is 1.94. The van der Waals surface area contributed by atoms with E-state index in [1.165, 1.54) is 36.7 Å². The number of hydrogen-bond acceptors (Lipinski definition) is 5. The average molecular weight is 383 g/mol. The zero-order valence-electron chi connectivity index (χ0n) is 15.2. The summed E-state index contributed by atoms with van der Waals surface area (Å²) in [7, 11) is 0. The Kier molecular flexibility index (Phi) is 6.73. The number of furan rings is 1. The molecule has 0 aromatic carbocycles. The van der Waals surface area contributed by atoms with Crippen LogP contribution in [-0.2, 0) is 11.2 Å². The number of unbranched alkanes of at least 4 members (excludes halogenated alkanes) is 5. The van der Waals surface area contributed by atoms with Crippen molar-refractivity contribution in [1.29, 1.82) is 0 Å². The first kappa shape index (κ1) is 19.4. The van der Waals surface area contributed by atoms with Crippen molar-refractivity contribution in [3.05, 3.63) is 28.5 Å². The van der Waals surface area contributed by atoms with Crippen LogP contribution in [0.2, 0.25) is 0 Å². The number of aromatic nitrogens is 2. The lowest BCUT2D eigenvalue weighted by Gasteiger charge is -2.13. The highest BCUT2D eigenvalue weighted by molar-refractivity contribution is 6.18. The van der Waals surface area contributed by atoms with Gasteiger partial charge in [0.05, 0.1) is 23.5 Å². The molecule has 2 aromatic rings. The first-order valence-electron chi connectivity index (χ1n) is 9.53. The summed E-state index contributed by atoms with van der Waals surface area (Å²) in [5, 5.41) is 10.7. The van der Waals surface area contributed by atoms with Crippen molar-refractivity contribution in [2.75, 3.05) is 5.88 Å². The summed E-state index contributed by atoms with van der Waals surface area (Å²) in [6.45, 7) is 2.21. The lowest BCUT2D eigenvalue weighted by Crippen LogP contribution is -2.26. The second-order valence-corrected chi connectivity index (χ2v) is 7.32. The fourth-order valence-electron chi connectivity index (χ4n) is 3.41. The van der Waals surface area contributed by atoms with Crippen molar-refractivity contribution < 1.29 is 14.3 Å². The topological polar surface area (TPSA) is 77.5 Å². The van der Waals surface area contributed by atoms with Gasteiger partial charge in [0, 0.05) is 19.0 Å². The van der Waals surface area contributed by atoms with Crippen LogP contribution < -0.4 is 5.69 Å². The number of aryl methyl sites for hydroxylation is 1. The number of aliphatic hydroxyl groups excluding tert-OH is 1. The van der Waals surface area contributed by atoms with Crippen molar-refractivity contribution in [3.8, 4) is 0 Å². The van der Waals surface area contributed by atoms with Gasteiger partial charge in [0.15, 0.2) is 0 Å². The Balaban J connectivity index is 1.66. The molecule has 3 rings (SSSR count). The van der Waals surface area contributed by atoms with Gasteiger partial charge in [0.1, 0.15) is 12.0 Å². The van der Waals surface area contributed by atoms with Crippen LogP contribution in [0.4, 0.5) is 0 Å². The Bertz CT molecular complexity index is 772. The number of alkyl halides is 1. The Morgan fingerprint density at radius 3 is 2.81 bits per heavy atom. The number of ether oxygens (including phenoxy) is 1. The Morgan fingerprint density at radius 2 is 2.08 bits per heavy atom. The van der Waals surface area contributed by atoms with Gasteiger partial charge >= 0.3 is 5.69 Å². The maximum Gasteiger partial charge on any atom is 0.353 e. The fourth-order valence-corrected chi connectivity index (χ4v) is 3.69. The predicted molar refractivity (Wildman–Crippen MR) is 101 cm³/mol. The Hall–Kier alpha value is -1.37. The highest BCUT2D eigenvalue weighted by Gasteiger charge is 2.35. The summed E-state index contributed by atoms with van der Waals surface area (Å²) in [5.41, 5.74) is -0.0786. The van der Waals surface area contributed by atoms with Gasteiger partial charge in [-0.3, -0.25) is 4.57 Å². The molecule has 6 nitrogen and oxygen atoms in total. The molecule has 0 spiro atoms. The van der Waals surface area contributed by atoms with Crippen LogP contribution in [0.3, 0.4) is 0 Å². The molecule has 0 aliphatic carbocycles. The van der Waals surface area contributed by atoms with Crippen molar-refractivity contribution in [2.24, 2.45) is 0 Å². The van der Waals surface area contributed by atoms with Gasteiger partial charge in [-0.25, -0.2) is 4.79 Å². The van der Waals surface area contributed by atoms with Crippen molar-refractivity contribution in [3.63, 3.8) is 0 Å². The molecule has 3 atom stereocenters. The SMILES string of the molecule is CCCCCCCCc1cc2cn([C@H]3C[C@H](O)[C@@H](CCl)O3)c(=O)nc2o1. The number of fused-ring (bicyclic) bond motifs is 1. The molecular weight excluding hydrogens is 356 g/mol. The van der Waals surface area contributed by atoms with E-state index in [0.717, 1.165) is 24.0 Å². The fraction of sp³-hybridized carbons (Fsp3) is 0.684. The zero-order valence-corrected chi connectivity index (χ0v) is 16.0. The molecule has 144 valence electrons. The summed E-state index contributed by atoms with van der Waals surface area (Å²) >= 11 is 5.78. The molecule has 1 fully saturated rings. The average Bonchev–Trinajstić information content (AvgIpc) is 3.19. The quantitative estimate of drug-likeness (QED) is 0.527. The maximum atomic E-state index is 12.3. The van der Waals surface area contributed by atoms with E-state index in [-0.39, 0.29) is 5.88 Å². The molecule has 3 heterocycles. The van der Waals surface area contributed by atoms with E-state index < -0.39 is 24.1 Å².